The number of fused-ring (bicyclic) bond motifs is 1. The molecule has 0 radical (unpaired) electrons. The minimum atomic E-state index is 0.355. The number of alkyl halides is 1. The molecule has 0 aliphatic heterocycles. The number of aromatic nitrogens is 1. The number of nitrogens with zero attached hydrogens (tertiary/aromatic N) is 1. The molecule has 3 rings (SSSR count). The average Bonchev–Trinajstić information content (AvgIpc) is 2.38. The lowest BCUT2D eigenvalue weighted by molar-refractivity contribution is 0.450. The molecule has 0 bridgehead atoms. The molecule has 17 heavy (non-hydrogen) atoms. The Morgan fingerprint density at radius 1 is 1.18 bits per heavy atom. The van der Waals surface area contributed by atoms with Crippen molar-refractivity contribution in [2.75, 3.05) is 0 Å². The van der Waals surface area contributed by atoms with Gasteiger partial charge in [-0.15, -0.1) is 11.6 Å². The van der Waals surface area contributed by atoms with Crippen molar-refractivity contribution < 1.29 is 0 Å². The van der Waals surface area contributed by atoms with Gasteiger partial charge in [-0.1, -0.05) is 24.6 Å². The summed E-state index contributed by atoms with van der Waals surface area (Å²) in [7, 11) is 0. The van der Waals surface area contributed by atoms with E-state index in [1.807, 2.05) is 12.3 Å². The number of benzene rings is 1. The molecule has 88 valence electrons. The molecule has 2 aromatic rings. The fourth-order valence-electron chi connectivity index (χ4n) is 2.77. The SMILES string of the molecule is ClC1CCCC(c2ccc3cccnc3c2)C1. The topological polar surface area (TPSA) is 12.9 Å². The third-order valence-corrected chi connectivity index (χ3v) is 4.11. The van der Waals surface area contributed by atoms with Gasteiger partial charge in [-0.2, -0.15) is 0 Å². The van der Waals surface area contributed by atoms with E-state index in [-0.39, 0.29) is 0 Å². The maximum absolute atomic E-state index is 6.26. The molecule has 0 spiro atoms. The zero-order valence-corrected chi connectivity index (χ0v) is 10.5. The molecule has 1 aromatic carbocycles. The van der Waals surface area contributed by atoms with Crippen LogP contribution in [-0.2, 0) is 0 Å². The number of hydrogen-bond donors (Lipinski definition) is 0. The molecular weight excluding hydrogens is 230 g/mol. The molecule has 1 fully saturated rings. The molecule has 1 aliphatic carbocycles. The van der Waals surface area contributed by atoms with Gasteiger partial charge in [0.25, 0.3) is 0 Å². The number of rotatable bonds is 1. The quantitative estimate of drug-likeness (QED) is 0.674. The fourth-order valence-corrected chi connectivity index (χ4v) is 3.14. The van der Waals surface area contributed by atoms with Crippen LogP contribution in [0.15, 0.2) is 36.5 Å². The van der Waals surface area contributed by atoms with Gasteiger partial charge >= 0.3 is 0 Å². The van der Waals surface area contributed by atoms with Crippen LogP contribution in [0, 0.1) is 0 Å². The zero-order valence-electron chi connectivity index (χ0n) is 9.77. The lowest BCUT2D eigenvalue weighted by Crippen LogP contribution is -2.13. The van der Waals surface area contributed by atoms with Gasteiger partial charge in [0.05, 0.1) is 5.52 Å². The Balaban J connectivity index is 1.94. The van der Waals surface area contributed by atoms with Gasteiger partial charge in [-0.25, -0.2) is 0 Å². The summed E-state index contributed by atoms with van der Waals surface area (Å²) in [4.78, 5) is 4.42. The summed E-state index contributed by atoms with van der Waals surface area (Å²) in [6.45, 7) is 0. The monoisotopic (exact) mass is 245 g/mol. The van der Waals surface area contributed by atoms with Crippen LogP contribution in [0.3, 0.4) is 0 Å². The summed E-state index contributed by atoms with van der Waals surface area (Å²) in [6.07, 6.45) is 6.65. The third kappa shape index (κ3) is 2.30. The highest BCUT2D eigenvalue weighted by molar-refractivity contribution is 6.20. The van der Waals surface area contributed by atoms with Crippen molar-refractivity contribution in [1.82, 2.24) is 4.98 Å². The Labute approximate surface area is 107 Å². The van der Waals surface area contributed by atoms with Crippen molar-refractivity contribution in [2.45, 2.75) is 37.0 Å². The molecule has 0 amide bonds. The van der Waals surface area contributed by atoms with Crippen molar-refractivity contribution in [1.29, 1.82) is 0 Å². The number of halogens is 1. The van der Waals surface area contributed by atoms with E-state index < -0.39 is 0 Å². The van der Waals surface area contributed by atoms with Crippen molar-refractivity contribution >= 4 is 22.5 Å². The Morgan fingerprint density at radius 2 is 2.12 bits per heavy atom. The number of hydrogen-bond acceptors (Lipinski definition) is 1. The molecule has 1 aromatic heterocycles. The second-order valence-corrected chi connectivity index (χ2v) is 5.53. The lowest BCUT2D eigenvalue weighted by atomic mass is 9.83. The standard InChI is InChI=1S/C15H16ClN/c16-14-5-1-3-12(9-14)13-7-6-11-4-2-8-17-15(11)10-13/h2,4,6-8,10,12,14H,1,3,5,9H2. The van der Waals surface area contributed by atoms with Crippen LogP contribution in [0.5, 0.6) is 0 Å². The second-order valence-electron chi connectivity index (χ2n) is 4.92. The van der Waals surface area contributed by atoms with E-state index in [1.165, 1.54) is 30.2 Å². The van der Waals surface area contributed by atoms with Gasteiger partial charge < -0.3 is 0 Å². The third-order valence-electron chi connectivity index (χ3n) is 3.71. The highest BCUT2D eigenvalue weighted by Crippen LogP contribution is 2.35. The highest BCUT2D eigenvalue weighted by Gasteiger charge is 2.21. The Morgan fingerprint density at radius 3 is 3.00 bits per heavy atom. The minimum absolute atomic E-state index is 0.355. The van der Waals surface area contributed by atoms with Crippen molar-refractivity contribution in [2.24, 2.45) is 0 Å². The van der Waals surface area contributed by atoms with Crippen LogP contribution in [0.4, 0.5) is 0 Å². The smallest absolute Gasteiger partial charge is 0.0704 e. The van der Waals surface area contributed by atoms with Gasteiger partial charge in [0.2, 0.25) is 0 Å². The molecule has 0 saturated heterocycles. The zero-order chi connectivity index (χ0) is 11.7. The first-order valence-electron chi connectivity index (χ1n) is 6.32. The number of pyridine rings is 1. The highest BCUT2D eigenvalue weighted by atomic mass is 35.5. The van der Waals surface area contributed by atoms with Crippen LogP contribution in [-0.4, -0.2) is 10.4 Å². The normalized spacial score (nSPS) is 25.0. The van der Waals surface area contributed by atoms with Crippen molar-refractivity contribution in [3.8, 4) is 0 Å². The van der Waals surface area contributed by atoms with Crippen LogP contribution in [0.2, 0.25) is 0 Å². The van der Waals surface area contributed by atoms with E-state index in [0.29, 0.717) is 11.3 Å². The Bertz CT molecular complexity index is 523. The van der Waals surface area contributed by atoms with Crippen LogP contribution in [0.25, 0.3) is 10.9 Å². The average molecular weight is 246 g/mol. The van der Waals surface area contributed by atoms with Crippen LogP contribution < -0.4 is 0 Å². The summed E-state index contributed by atoms with van der Waals surface area (Å²) in [5.41, 5.74) is 2.50. The lowest BCUT2D eigenvalue weighted by Gasteiger charge is -2.25. The van der Waals surface area contributed by atoms with Crippen LogP contribution >= 0.6 is 11.6 Å². The maximum Gasteiger partial charge on any atom is 0.0704 e. The first-order valence-corrected chi connectivity index (χ1v) is 6.75. The largest absolute Gasteiger partial charge is 0.256 e. The molecule has 2 unspecified atom stereocenters. The molecule has 0 N–H and O–H groups in total. The van der Waals surface area contributed by atoms with E-state index in [1.54, 1.807) is 0 Å². The van der Waals surface area contributed by atoms with E-state index >= 15 is 0 Å². The first kappa shape index (κ1) is 11.0. The van der Waals surface area contributed by atoms with E-state index in [0.717, 1.165) is 11.9 Å². The molecular formula is C15H16ClN. The maximum atomic E-state index is 6.26. The summed E-state index contributed by atoms with van der Waals surface area (Å²) in [5.74, 6) is 0.623. The summed E-state index contributed by atoms with van der Waals surface area (Å²) < 4.78 is 0. The predicted molar refractivity (Wildman–Crippen MR) is 72.6 cm³/mol. The molecule has 1 aliphatic rings. The fraction of sp³-hybridized carbons (Fsp3) is 0.400. The van der Waals surface area contributed by atoms with Crippen molar-refractivity contribution in [3.63, 3.8) is 0 Å². The van der Waals surface area contributed by atoms with E-state index in [9.17, 15) is 0 Å². The van der Waals surface area contributed by atoms with Gasteiger partial charge in [0.1, 0.15) is 0 Å². The molecule has 1 heterocycles. The van der Waals surface area contributed by atoms with Gasteiger partial charge in [-0.3, -0.25) is 4.98 Å². The van der Waals surface area contributed by atoms with Crippen LogP contribution in [0.1, 0.15) is 37.2 Å². The summed E-state index contributed by atoms with van der Waals surface area (Å²) in [6, 6.07) is 10.7. The molecule has 2 heteroatoms. The van der Waals surface area contributed by atoms with Gasteiger partial charge in [-0.05, 0) is 42.9 Å². The molecule has 1 saturated carbocycles. The van der Waals surface area contributed by atoms with E-state index in [2.05, 4.69) is 29.2 Å². The van der Waals surface area contributed by atoms with Crippen molar-refractivity contribution in [3.05, 3.63) is 42.1 Å². The molecule has 1 nitrogen and oxygen atoms in total. The first-order chi connectivity index (χ1) is 8.33. The van der Waals surface area contributed by atoms with E-state index in [4.69, 9.17) is 11.6 Å². The summed E-state index contributed by atoms with van der Waals surface area (Å²) in [5, 5.41) is 1.57. The van der Waals surface area contributed by atoms with Gasteiger partial charge in [0, 0.05) is 17.0 Å². The molecule has 2 atom stereocenters. The minimum Gasteiger partial charge on any atom is -0.256 e. The predicted octanol–water partition coefficient (Wildman–Crippen LogP) is 4.50. The summed E-state index contributed by atoms with van der Waals surface area (Å²) >= 11 is 6.26. The Kier molecular flexibility index (Phi) is 3.02. The second kappa shape index (κ2) is 4.66. The van der Waals surface area contributed by atoms with Gasteiger partial charge in [0.15, 0.2) is 0 Å². The Hall–Kier alpha value is -1.08.